The lowest BCUT2D eigenvalue weighted by Crippen LogP contribution is -1.87. The number of halogens is 1. The molecule has 1 heterocycles. The molecule has 0 aliphatic rings. The van der Waals surface area contributed by atoms with Crippen molar-refractivity contribution in [3.05, 3.63) is 32.2 Å². The molecule has 1 aromatic heterocycles. The topological polar surface area (TPSA) is 56.0 Å². The normalized spacial score (nSPS) is 10.5. The number of hydrogen-bond donors (Lipinski definition) is 0. The number of fused-ring (bicyclic) bond motifs is 1. The monoisotopic (exact) mass is 258 g/mol. The van der Waals surface area contributed by atoms with Crippen molar-refractivity contribution >= 4 is 43.2 Å². The minimum absolute atomic E-state index is 0.112. The third-order valence-electron chi connectivity index (χ3n) is 1.61. The molecule has 2 rings (SSSR count). The average Bonchev–Trinajstić information content (AvgIpc) is 2.53. The van der Waals surface area contributed by atoms with E-state index in [-0.39, 0.29) is 5.69 Å². The second-order valence-corrected chi connectivity index (χ2v) is 4.06. The van der Waals surface area contributed by atoms with Crippen LogP contribution in [0.1, 0.15) is 0 Å². The molecule has 2 aromatic rings. The fourth-order valence-electron chi connectivity index (χ4n) is 1.05. The molecule has 0 spiro atoms. The van der Waals surface area contributed by atoms with Crippen LogP contribution in [0.4, 0.5) is 5.69 Å². The van der Waals surface area contributed by atoms with Gasteiger partial charge in [-0.05, 0) is 22.0 Å². The third-order valence-corrected chi connectivity index (χ3v) is 3.10. The number of non-ortho nitro benzene ring substituents is 1. The van der Waals surface area contributed by atoms with Crippen molar-refractivity contribution in [3.8, 4) is 0 Å². The lowest BCUT2D eigenvalue weighted by atomic mass is 10.3. The van der Waals surface area contributed by atoms with Crippen molar-refractivity contribution < 1.29 is 4.92 Å². The van der Waals surface area contributed by atoms with Gasteiger partial charge in [-0.1, -0.05) is 0 Å². The summed E-state index contributed by atoms with van der Waals surface area (Å²) in [6.07, 6.45) is 0. The van der Waals surface area contributed by atoms with Gasteiger partial charge in [0, 0.05) is 10.5 Å². The predicted molar refractivity (Wildman–Crippen MR) is 54.0 cm³/mol. The molecule has 0 aliphatic heterocycles. The van der Waals surface area contributed by atoms with E-state index >= 15 is 0 Å². The van der Waals surface area contributed by atoms with Crippen LogP contribution in [-0.4, -0.2) is 9.91 Å². The molecule has 0 saturated carbocycles. The van der Waals surface area contributed by atoms with E-state index in [1.54, 1.807) is 11.6 Å². The SMILES string of the molecule is O=[N+]([O-])c1ccc(Br)c2ncsc12. The Hall–Kier alpha value is -1.01. The number of rotatable bonds is 1. The quantitative estimate of drug-likeness (QED) is 0.584. The minimum atomic E-state index is -0.396. The number of benzene rings is 1. The van der Waals surface area contributed by atoms with Gasteiger partial charge in [0.1, 0.15) is 10.2 Å². The molecule has 4 nitrogen and oxygen atoms in total. The zero-order valence-corrected chi connectivity index (χ0v) is 8.63. The van der Waals surface area contributed by atoms with Gasteiger partial charge in [-0.3, -0.25) is 10.1 Å². The minimum Gasteiger partial charge on any atom is -0.258 e. The summed E-state index contributed by atoms with van der Waals surface area (Å²) in [6, 6.07) is 3.12. The van der Waals surface area contributed by atoms with Gasteiger partial charge in [-0.2, -0.15) is 0 Å². The Bertz CT molecular complexity index is 482. The van der Waals surface area contributed by atoms with Crippen LogP contribution in [0.25, 0.3) is 10.2 Å². The molecule has 0 bridgehead atoms. The van der Waals surface area contributed by atoms with E-state index in [1.165, 1.54) is 17.4 Å². The lowest BCUT2D eigenvalue weighted by molar-refractivity contribution is -0.382. The van der Waals surface area contributed by atoms with E-state index in [0.717, 1.165) is 4.47 Å². The smallest absolute Gasteiger partial charge is 0.258 e. The van der Waals surface area contributed by atoms with Crippen molar-refractivity contribution in [2.45, 2.75) is 0 Å². The Labute approximate surface area is 85.5 Å². The lowest BCUT2D eigenvalue weighted by Gasteiger charge is -1.93. The van der Waals surface area contributed by atoms with E-state index in [0.29, 0.717) is 10.2 Å². The van der Waals surface area contributed by atoms with E-state index in [1.807, 2.05) is 0 Å². The first-order valence-electron chi connectivity index (χ1n) is 3.36. The van der Waals surface area contributed by atoms with Gasteiger partial charge in [-0.15, -0.1) is 11.3 Å². The van der Waals surface area contributed by atoms with Crippen molar-refractivity contribution in [1.82, 2.24) is 4.98 Å². The molecule has 0 unspecified atom stereocenters. The molecule has 0 amide bonds. The van der Waals surface area contributed by atoms with Gasteiger partial charge in [0.15, 0.2) is 0 Å². The first-order chi connectivity index (χ1) is 6.20. The van der Waals surface area contributed by atoms with Gasteiger partial charge in [-0.25, -0.2) is 4.98 Å². The summed E-state index contributed by atoms with van der Waals surface area (Å²) in [5.41, 5.74) is 2.36. The van der Waals surface area contributed by atoms with Gasteiger partial charge in [0.25, 0.3) is 5.69 Å². The number of hydrogen-bond acceptors (Lipinski definition) is 4. The Balaban J connectivity index is 2.86. The van der Waals surface area contributed by atoms with Crippen molar-refractivity contribution in [2.24, 2.45) is 0 Å². The molecule has 0 aliphatic carbocycles. The Kier molecular flexibility index (Phi) is 2.01. The van der Waals surface area contributed by atoms with Crippen LogP contribution >= 0.6 is 27.3 Å². The van der Waals surface area contributed by atoms with Gasteiger partial charge in [0.2, 0.25) is 0 Å². The third kappa shape index (κ3) is 1.31. The van der Waals surface area contributed by atoms with E-state index < -0.39 is 4.92 Å². The zero-order chi connectivity index (χ0) is 9.42. The average molecular weight is 259 g/mol. The summed E-state index contributed by atoms with van der Waals surface area (Å²) in [5, 5.41) is 10.6. The molecule has 0 saturated heterocycles. The Morgan fingerprint density at radius 1 is 1.54 bits per heavy atom. The van der Waals surface area contributed by atoms with E-state index in [4.69, 9.17) is 0 Å². The molecule has 0 N–H and O–H groups in total. The van der Waals surface area contributed by atoms with Crippen molar-refractivity contribution in [3.63, 3.8) is 0 Å². The molecule has 0 atom stereocenters. The van der Waals surface area contributed by atoms with E-state index in [9.17, 15) is 10.1 Å². The molecule has 6 heteroatoms. The summed E-state index contributed by atoms with van der Waals surface area (Å²) in [4.78, 5) is 14.2. The van der Waals surface area contributed by atoms with Crippen LogP contribution in [0.3, 0.4) is 0 Å². The van der Waals surface area contributed by atoms with Crippen LogP contribution in [0.15, 0.2) is 22.1 Å². The molecule has 1 aromatic carbocycles. The van der Waals surface area contributed by atoms with Crippen LogP contribution in [-0.2, 0) is 0 Å². The summed E-state index contributed by atoms with van der Waals surface area (Å²) >= 11 is 4.55. The molecular weight excluding hydrogens is 256 g/mol. The standard InChI is InChI=1S/C7H3BrN2O2S/c8-4-1-2-5(10(11)12)7-6(4)9-3-13-7/h1-3H. The summed E-state index contributed by atoms with van der Waals surface area (Å²) < 4.78 is 1.40. The number of nitro benzene ring substituents is 1. The highest BCUT2D eigenvalue weighted by Gasteiger charge is 2.15. The molecule has 0 radical (unpaired) electrons. The van der Waals surface area contributed by atoms with Crippen LogP contribution in [0.5, 0.6) is 0 Å². The highest BCUT2D eigenvalue weighted by Crippen LogP contribution is 2.33. The highest BCUT2D eigenvalue weighted by molar-refractivity contribution is 9.10. The van der Waals surface area contributed by atoms with Gasteiger partial charge < -0.3 is 0 Å². The molecule has 0 fully saturated rings. The molecule has 13 heavy (non-hydrogen) atoms. The Morgan fingerprint density at radius 3 is 3.00 bits per heavy atom. The second kappa shape index (κ2) is 3.04. The van der Waals surface area contributed by atoms with Crippen LogP contribution in [0, 0.1) is 10.1 Å². The van der Waals surface area contributed by atoms with Crippen LogP contribution in [0.2, 0.25) is 0 Å². The molecular formula is C7H3BrN2O2S. The predicted octanol–water partition coefficient (Wildman–Crippen LogP) is 2.97. The zero-order valence-electron chi connectivity index (χ0n) is 6.23. The van der Waals surface area contributed by atoms with E-state index in [2.05, 4.69) is 20.9 Å². The fraction of sp³-hybridized carbons (Fsp3) is 0. The largest absolute Gasteiger partial charge is 0.288 e. The number of aromatic nitrogens is 1. The number of nitro groups is 1. The fourth-order valence-corrected chi connectivity index (χ4v) is 2.41. The summed E-state index contributed by atoms with van der Waals surface area (Å²) in [5.74, 6) is 0. The second-order valence-electron chi connectivity index (χ2n) is 2.35. The first-order valence-corrected chi connectivity index (χ1v) is 5.03. The van der Waals surface area contributed by atoms with Crippen molar-refractivity contribution in [1.29, 1.82) is 0 Å². The van der Waals surface area contributed by atoms with Gasteiger partial charge >= 0.3 is 0 Å². The maximum Gasteiger partial charge on any atom is 0.288 e. The van der Waals surface area contributed by atoms with Crippen LogP contribution < -0.4 is 0 Å². The highest BCUT2D eigenvalue weighted by atomic mass is 79.9. The molecule has 66 valence electrons. The van der Waals surface area contributed by atoms with Crippen molar-refractivity contribution in [2.75, 3.05) is 0 Å². The summed E-state index contributed by atoms with van der Waals surface area (Å²) in [6.45, 7) is 0. The maximum absolute atomic E-state index is 10.6. The summed E-state index contributed by atoms with van der Waals surface area (Å²) in [7, 11) is 0. The first kappa shape index (κ1) is 8.58. The maximum atomic E-state index is 10.6. The number of thiazole rings is 1. The number of nitrogens with zero attached hydrogens (tertiary/aromatic N) is 2. The Morgan fingerprint density at radius 2 is 2.31 bits per heavy atom. The van der Waals surface area contributed by atoms with Gasteiger partial charge in [0.05, 0.1) is 10.4 Å².